The standard InChI is InChI=1S/C22H28N2O3S/c25-22(23-19-13-7-1-2-8-14-19)21(17-18-11-5-3-6-12-18)24-28(26,27)20-15-9-4-10-16-20/h3-6,9-12,15-16,19,21,24H,1-2,7-8,13-14,17H2,(H,23,25)/t21-/m0/s1. The number of benzene rings is 2. The van der Waals surface area contributed by atoms with Crippen molar-refractivity contribution in [3.05, 3.63) is 66.2 Å². The van der Waals surface area contributed by atoms with E-state index in [4.69, 9.17) is 0 Å². The molecular formula is C22H28N2O3S. The quantitative estimate of drug-likeness (QED) is 0.700. The molecule has 0 heterocycles. The second kappa shape index (κ2) is 9.85. The van der Waals surface area contributed by atoms with E-state index in [9.17, 15) is 13.2 Å². The van der Waals surface area contributed by atoms with Gasteiger partial charge in [0, 0.05) is 6.04 Å². The molecule has 28 heavy (non-hydrogen) atoms. The number of nitrogens with one attached hydrogen (secondary N) is 2. The highest BCUT2D eigenvalue weighted by Crippen LogP contribution is 2.18. The van der Waals surface area contributed by atoms with Crippen LogP contribution in [-0.2, 0) is 21.2 Å². The van der Waals surface area contributed by atoms with Gasteiger partial charge in [0.2, 0.25) is 15.9 Å². The summed E-state index contributed by atoms with van der Waals surface area (Å²) in [6.45, 7) is 0. The first-order valence-corrected chi connectivity index (χ1v) is 11.4. The van der Waals surface area contributed by atoms with Crippen molar-refractivity contribution in [2.45, 2.75) is 61.9 Å². The topological polar surface area (TPSA) is 75.3 Å². The maximum absolute atomic E-state index is 13.0. The zero-order valence-corrected chi connectivity index (χ0v) is 16.8. The lowest BCUT2D eigenvalue weighted by Gasteiger charge is -2.23. The molecule has 1 aliphatic carbocycles. The van der Waals surface area contributed by atoms with Crippen LogP contribution in [0.4, 0.5) is 0 Å². The first-order chi connectivity index (χ1) is 13.5. The predicted octanol–water partition coefficient (Wildman–Crippen LogP) is 3.42. The lowest BCUT2D eigenvalue weighted by atomic mass is 10.0. The molecule has 0 unspecified atom stereocenters. The third-order valence-corrected chi connectivity index (χ3v) is 6.64. The van der Waals surface area contributed by atoms with E-state index in [1.165, 1.54) is 25.0 Å². The van der Waals surface area contributed by atoms with Gasteiger partial charge in [0.1, 0.15) is 6.04 Å². The monoisotopic (exact) mass is 400 g/mol. The van der Waals surface area contributed by atoms with E-state index in [1.54, 1.807) is 18.2 Å². The summed E-state index contributed by atoms with van der Waals surface area (Å²) >= 11 is 0. The molecule has 0 spiro atoms. The van der Waals surface area contributed by atoms with Gasteiger partial charge in [-0.25, -0.2) is 8.42 Å². The van der Waals surface area contributed by atoms with Crippen molar-refractivity contribution in [2.24, 2.45) is 0 Å². The lowest BCUT2D eigenvalue weighted by Crippen LogP contribution is -2.50. The fraction of sp³-hybridized carbons (Fsp3) is 0.409. The molecule has 2 N–H and O–H groups in total. The minimum absolute atomic E-state index is 0.120. The lowest BCUT2D eigenvalue weighted by molar-refractivity contribution is -0.123. The summed E-state index contributed by atoms with van der Waals surface area (Å²) < 4.78 is 28.2. The van der Waals surface area contributed by atoms with E-state index in [0.29, 0.717) is 6.42 Å². The Kier molecular flexibility index (Phi) is 7.23. The van der Waals surface area contributed by atoms with Gasteiger partial charge >= 0.3 is 0 Å². The van der Waals surface area contributed by atoms with Crippen molar-refractivity contribution in [1.29, 1.82) is 0 Å². The Morgan fingerprint density at radius 3 is 2.07 bits per heavy atom. The number of rotatable bonds is 7. The number of amides is 1. The first-order valence-electron chi connectivity index (χ1n) is 9.96. The van der Waals surface area contributed by atoms with Crippen molar-refractivity contribution in [1.82, 2.24) is 10.0 Å². The van der Waals surface area contributed by atoms with Crippen LogP contribution in [0, 0.1) is 0 Å². The molecule has 6 heteroatoms. The minimum Gasteiger partial charge on any atom is -0.352 e. The highest BCUT2D eigenvalue weighted by Gasteiger charge is 2.27. The van der Waals surface area contributed by atoms with E-state index >= 15 is 0 Å². The molecule has 0 bridgehead atoms. The van der Waals surface area contributed by atoms with Gasteiger partial charge in [0.15, 0.2) is 0 Å². The molecule has 2 aromatic carbocycles. The summed E-state index contributed by atoms with van der Waals surface area (Å²) in [6.07, 6.45) is 6.81. The van der Waals surface area contributed by atoms with Gasteiger partial charge in [-0.3, -0.25) is 4.79 Å². The Balaban J connectivity index is 1.77. The molecule has 0 aromatic heterocycles. The van der Waals surface area contributed by atoms with Crippen LogP contribution in [0.2, 0.25) is 0 Å². The fourth-order valence-corrected chi connectivity index (χ4v) is 4.83. The van der Waals surface area contributed by atoms with Crippen molar-refractivity contribution in [3.8, 4) is 0 Å². The summed E-state index contributed by atoms with van der Waals surface area (Å²) in [5.41, 5.74) is 0.916. The molecule has 1 fully saturated rings. The van der Waals surface area contributed by atoms with Gasteiger partial charge in [-0.1, -0.05) is 74.2 Å². The fourth-order valence-electron chi connectivity index (χ4n) is 3.62. The zero-order chi connectivity index (χ0) is 19.8. The SMILES string of the molecule is O=C(NC1CCCCCC1)[C@H](Cc1ccccc1)NS(=O)(=O)c1ccccc1. The molecular weight excluding hydrogens is 372 g/mol. The van der Waals surface area contributed by atoms with E-state index in [2.05, 4.69) is 10.0 Å². The molecule has 1 aliphatic rings. The molecule has 0 aliphatic heterocycles. The molecule has 0 radical (unpaired) electrons. The third-order valence-electron chi connectivity index (χ3n) is 5.15. The number of hydrogen-bond donors (Lipinski definition) is 2. The Morgan fingerprint density at radius 1 is 0.893 bits per heavy atom. The van der Waals surface area contributed by atoms with Crippen LogP contribution < -0.4 is 10.0 Å². The second-order valence-corrected chi connectivity index (χ2v) is 9.09. The molecule has 1 amide bonds. The molecule has 150 valence electrons. The summed E-state index contributed by atoms with van der Waals surface area (Å²) in [4.78, 5) is 13.2. The van der Waals surface area contributed by atoms with Crippen LogP contribution in [-0.4, -0.2) is 26.4 Å². The van der Waals surface area contributed by atoms with Gasteiger partial charge in [0.25, 0.3) is 0 Å². The number of carbonyl (C=O) groups is 1. The van der Waals surface area contributed by atoms with Crippen LogP contribution in [0.1, 0.15) is 44.1 Å². The van der Waals surface area contributed by atoms with Crippen molar-refractivity contribution in [2.75, 3.05) is 0 Å². The largest absolute Gasteiger partial charge is 0.352 e. The van der Waals surface area contributed by atoms with Crippen molar-refractivity contribution in [3.63, 3.8) is 0 Å². The van der Waals surface area contributed by atoms with E-state index in [-0.39, 0.29) is 16.8 Å². The maximum Gasteiger partial charge on any atom is 0.241 e. The Morgan fingerprint density at radius 2 is 1.46 bits per heavy atom. The third kappa shape index (κ3) is 5.91. The summed E-state index contributed by atoms with van der Waals surface area (Å²) in [5, 5.41) is 3.09. The van der Waals surface area contributed by atoms with Gasteiger partial charge in [-0.15, -0.1) is 0 Å². The maximum atomic E-state index is 13.0. The average Bonchev–Trinajstić information content (AvgIpc) is 2.97. The van der Waals surface area contributed by atoms with Crippen LogP contribution in [0.15, 0.2) is 65.6 Å². The average molecular weight is 401 g/mol. The van der Waals surface area contributed by atoms with Gasteiger partial charge < -0.3 is 5.32 Å². The first kappa shape index (κ1) is 20.6. The van der Waals surface area contributed by atoms with Gasteiger partial charge in [0.05, 0.1) is 4.90 Å². The molecule has 0 saturated heterocycles. The number of hydrogen-bond acceptors (Lipinski definition) is 3. The molecule has 1 atom stereocenters. The van der Waals surface area contributed by atoms with E-state index in [1.807, 2.05) is 30.3 Å². The summed E-state index contributed by atoms with van der Waals surface area (Å²) in [7, 11) is -3.78. The van der Waals surface area contributed by atoms with Crippen LogP contribution in [0.5, 0.6) is 0 Å². The molecule has 2 aromatic rings. The van der Waals surface area contributed by atoms with E-state index in [0.717, 1.165) is 31.2 Å². The van der Waals surface area contributed by atoms with Crippen LogP contribution in [0.3, 0.4) is 0 Å². The highest BCUT2D eigenvalue weighted by atomic mass is 32.2. The second-order valence-electron chi connectivity index (χ2n) is 7.37. The van der Waals surface area contributed by atoms with E-state index < -0.39 is 16.1 Å². The zero-order valence-electron chi connectivity index (χ0n) is 16.0. The predicted molar refractivity (Wildman–Crippen MR) is 110 cm³/mol. The van der Waals surface area contributed by atoms with Gasteiger partial charge in [-0.2, -0.15) is 4.72 Å². The Labute approximate surface area is 167 Å². The number of carbonyl (C=O) groups excluding carboxylic acids is 1. The summed E-state index contributed by atoms with van der Waals surface area (Å²) in [5.74, 6) is -0.254. The number of sulfonamides is 1. The van der Waals surface area contributed by atoms with Crippen molar-refractivity contribution >= 4 is 15.9 Å². The normalized spacial score (nSPS) is 16.9. The van der Waals surface area contributed by atoms with Gasteiger partial charge in [-0.05, 0) is 37.0 Å². The van der Waals surface area contributed by atoms with Crippen molar-refractivity contribution < 1.29 is 13.2 Å². The Hall–Kier alpha value is -2.18. The highest BCUT2D eigenvalue weighted by molar-refractivity contribution is 7.89. The Bertz CT molecular complexity index is 846. The molecule has 3 rings (SSSR count). The smallest absolute Gasteiger partial charge is 0.241 e. The van der Waals surface area contributed by atoms with Crippen LogP contribution in [0.25, 0.3) is 0 Å². The van der Waals surface area contributed by atoms with Crippen LogP contribution >= 0.6 is 0 Å². The molecule has 1 saturated carbocycles. The molecule has 5 nitrogen and oxygen atoms in total. The minimum atomic E-state index is -3.78. The summed E-state index contributed by atoms with van der Waals surface area (Å²) in [6, 6.07) is 16.9.